The van der Waals surface area contributed by atoms with Gasteiger partial charge in [0.15, 0.2) is 5.01 Å². The van der Waals surface area contributed by atoms with Crippen LogP contribution in [0, 0.1) is 11.8 Å². The molecule has 2 aromatic rings. The van der Waals surface area contributed by atoms with E-state index in [0.29, 0.717) is 29.9 Å². The molecule has 2 aliphatic rings. The highest BCUT2D eigenvalue weighted by molar-refractivity contribution is 7.13. The average Bonchev–Trinajstić information content (AvgIpc) is 2.97. The Bertz CT molecular complexity index is 802. The highest BCUT2D eigenvalue weighted by Crippen LogP contribution is 2.35. The second-order valence-electron chi connectivity index (χ2n) is 7.66. The van der Waals surface area contributed by atoms with E-state index in [1.165, 1.54) is 11.3 Å². The van der Waals surface area contributed by atoms with Crippen molar-refractivity contribution in [1.82, 2.24) is 15.2 Å². The van der Waals surface area contributed by atoms with Gasteiger partial charge in [0.25, 0.3) is 5.91 Å². The summed E-state index contributed by atoms with van der Waals surface area (Å²) in [5.74, 6) is 1.10. The summed E-state index contributed by atoms with van der Waals surface area (Å²) in [6, 6.07) is 9.87. The van der Waals surface area contributed by atoms with Crippen LogP contribution in [0.25, 0.3) is 0 Å². The highest BCUT2D eigenvalue weighted by atomic mass is 32.1. The van der Waals surface area contributed by atoms with E-state index in [4.69, 9.17) is 0 Å². The molecule has 1 fully saturated rings. The SMILES string of the molecule is CC1CC(C(=O)N2CCc3nc(C(=O)NCc4ccccc4)sc3CC2)C1. The molecule has 0 bridgehead atoms. The summed E-state index contributed by atoms with van der Waals surface area (Å²) in [6.07, 6.45) is 3.60. The highest BCUT2D eigenvalue weighted by Gasteiger charge is 2.35. The standard InChI is InChI=1S/C21H25N3O2S/c1-14-11-16(12-14)21(26)24-9-7-17-18(8-10-24)27-20(23-17)19(25)22-13-15-5-3-2-4-6-15/h2-6,14,16H,7-13H2,1H3,(H,22,25). The fourth-order valence-electron chi connectivity index (χ4n) is 3.90. The van der Waals surface area contributed by atoms with E-state index in [2.05, 4.69) is 17.2 Å². The van der Waals surface area contributed by atoms with Crippen LogP contribution in [-0.4, -0.2) is 34.8 Å². The summed E-state index contributed by atoms with van der Waals surface area (Å²) in [4.78, 5) is 32.8. The van der Waals surface area contributed by atoms with Gasteiger partial charge in [-0.2, -0.15) is 0 Å². The minimum atomic E-state index is -0.117. The van der Waals surface area contributed by atoms with Gasteiger partial charge in [-0.1, -0.05) is 37.3 Å². The van der Waals surface area contributed by atoms with Crippen LogP contribution in [0.1, 0.15) is 45.7 Å². The van der Waals surface area contributed by atoms with E-state index < -0.39 is 0 Å². The van der Waals surface area contributed by atoms with E-state index in [0.717, 1.165) is 48.4 Å². The molecule has 2 heterocycles. The lowest BCUT2D eigenvalue weighted by atomic mass is 9.75. The van der Waals surface area contributed by atoms with Gasteiger partial charge in [-0.3, -0.25) is 9.59 Å². The molecular formula is C21H25N3O2S. The first-order valence-electron chi connectivity index (χ1n) is 9.69. The van der Waals surface area contributed by atoms with E-state index >= 15 is 0 Å². The van der Waals surface area contributed by atoms with Crippen LogP contribution in [-0.2, 0) is 24.2 Å². The molecule has 4 rings (SSSR count). The first-order valence-corrected chi connectivity index (χ1v) is 10.5. The van der Waals surface area contributed by atoms with Crippen LogP contribution < -0.4 is 5.32 Å². The normalized spacial score (nSPS) is 21.7. The third-order valence-corrected chi connectivity index (χ3v) is 6.69. The predicted molar refractivity (Wildman–Crippen MR) is 106 cm³/mol. The maximum absolute atomic E-state index is 12.6. The average molecular weight is 384 g/mol. The topological polar surface area (TPSA) is 62.3 Å². The number of nitrogens with one attached hydrogen (secondary N) is 1. The zero-order chi connectivity index (χ0) is 18.8. The number of thiazole rings is 1. The number of fused-ring (bicyclic) bond motifs is 1. The number of aromatic nitrogens is 1. The maximum atomic E-state index is 12.6. The summed E-state index contributed by atoms with van der Waals surface area (Å²) < 4.78 is 0. The fourth-order valence-corrected chi connectivity index (χ4v) is 4.91. The molecule has 1 aromatic heterocycles. The van der Waals surface area contributed by atoms with Gasteiger partial charge in [0.05, 0.1) is 5.69 Å². The number of carbonyl (C=O) groups excluding carboxylic acids is 2. The molecule has 0 atom stereocenters. The summed E-state index contributed by atoms with van der Waals surface area (Å²) >= 11 is 1.47. The van der Waals surface area contributed by atoms with Crippen molar-refractivity contribution in [2.75, 3.05) is 13.1 Å². The predicted octanol–water partition coefficient (Wildman–Crippen LogP) is 3.05. The molecule has 142 valence electrons. The Morgan fingerprint density at radius 2 is 1.93 bits per heavy atom. The van der Waals surface area contributed by atoms with Crippen LogP contribution in [0.5, 0.6) is 0 Å². The van der Waals surface area contributed by atoms with Crippen LogP contribution in [0.15, 0.2) is 30.3 Å². The summed E-state index contributed by atoms with van der Waals surface area (Å²) in [5, 5.41) is 3.48. The Morgan fingerprint density at radius 3 is 2.67 bits per heavy atom. The summed E-state index contributed by atoms with van der Waals surface area (Å²) in [5.41, 5.74) is 2.06. The Morgan fingerprint density at radius 1 is 1.19 bits per heavy atom. The van der Waals surface area contributed by atoms with Crippen molar-refractivity contribution in [3.05, 3.63) is 51.5 Å². The van der Waals surface area contributed by atoms with Crippen molar-refractivity contribution < 1.29 is 9.59 Å². The molecule has 0 radical (unpaired) electrons. The van der Waals surface area contributed by atoms with Crippen LogP contribution >= 0.6 is 11.3 Å². The number of amides is 2. The Balaban J connectivity index is 1.34. The minimum Gasteiger partial charge on any atom is -0.346 e. The van der Waals surface area contributed by atoms with Crippen LogP contribution in [0.4, 0.5) is 0 Å². The van der Waals surface area contributed by atoms with E-state index in [-0.39, 0.29) is 11.8 Å². The number of hydrogen-bond donors (Lipinski definition) is 1. The smallest absolute Gasteiger partial charge is 0.280 e. The van der Waals surface area contributed by atoms with Crippen LogP contribution in [0.3, 0.4) is 0 Å². The number of carbonyl (C=O) groups is 2. The van der Waals surface area contributed by atoms with E-state index in [1.54, 1.807) is 0 Å². The van der Waals surface area contributed by atoms with Crippen molar-refractivity contribution in [2.45, 2.75) is 39.2 Å². The van der Waals surface area contributed by atoms with Crippen molar-refractivity contribution >= 4 is 23.2 Å². The molecule has 2 amide bonds. The lowest BCUT2D eigenvalue weighted by Gasteiger charge is -2.35. The summed E-state index contributed by atoms with van der Waals surface area (Å²) in [7, 11) is 0. The molecule has 1 aromatic carbocycles. The second-order valence-corrected chi connectivity index (χ2v) is 8.74. The molecule has 5 nitrogen and oxygen atoms in total. The Labute approximate surface area is 163 Å². The van der Waals surface area contributed by atoms with Gasteiger partial charge >= 0.3 is 0 Å². The number of rotatable bonds is 4. The molecule has 6 heteroatoms. The second kappa shape index (κ2) is 7.80. The van der Waals surface area contributed by atoms with Gasteiger partial charge < -0.3 is 10.2 Å². The first-order chi connectivity index (χ1) is 13.1. The molecular weight excluding hydrogens is 358 g/mol. The zero-order valence-electron chi connectivity index (χ0n) is 15.6. The summed E-state index contributed by atoms with van der Waals surface area (Å²) in [6.45, 7) is 4.17. The zero-order valence-corrected chi connectivity index (χ0v) is 16.4. The number of hydrogen-bond acceptors (Lipinski definition) is 4. The van der Waals surface area contributed by atoms with Gasteiger partial charge in [-0.25, -0.2) is 4.98 Å². The molecule has 1 saturated carbocycles. The van der Waals surface area contributed by atoms with Crippen molar-refractivity contribution in [1.29, 1.82) is 0 Å². The number of nitrogens with zero attached hydrogens (tertiary/aromatic N) is 2. The third kappa shape index (κ3) is 4.05. The maximum Gasteiger partial charge on any atom is 0.280 e. The molecule has 1 aliphatic carbocycles. The van der Waals surface area contributed by atoms with Gasteiger partial charge in [-0.05, 0) is 24.3 Å². The lowest BCUT2D eigenvalue weighted by Crippen LogP contribution is -2.42. The van der Waals surface area contributed by atoms with Crippen molar-refractivity contribution in [3.63, 3.8) is 0 Å². The first kappa shape index (κ1) is 18.2. The van der Waals surface area contributed by atoms with Gasteiger partial charge in [-0.15, -0.1) is 11.3 Å². The largest absolute Gasteiger partial charge is 0.346 e. The fraction of sp³-hybridized carbons (Fsp3) is 0.476. The van der Waals surface area contributed by atoms with Crippen LogP contribution in [0.2, 0.25) is 0 Å². The van der Waals surface area contributed by atoms with Gasteiger partial charge in [0.1, 0.15) is 0 Å². The van der Waals surface area contributed by atoms with Gasteiger partial charge in [0, 0.05) is 43.3 Å². The molecule has 0 saturated heterocycles. The van der Waals surface area contributed by atoms with Crippen molar-refractivity contribution in [2.24, 2.45) is 11.8 Å². The minimum absolute atomic E-state index is 0.117. The molecule has 0 unspecified atom stereocenters. The van der Waals surface area contributed by atoms with Crippen molar-refractivity contribution in [3.8, 4) is 0 Å². The van der Waals surface area contributed by atoms with E-state index in [1.807, 2.05) is 35.2 Å². The van der Waals surface area contributed by atoms with Gasteiger partial charge in [0.2, 0.25) is 5.91 Å². The lowest BCUT2D eigenvalue weighted by molar-refractivity contribution is -0.139. The Hall–Kier alpha value is -2.21. The molecule has 1 N–H and O–H groups in total. The monoisotopic (exact) mass is 383 g/mol. The molecule has 27 heavy (non-hydrogen) atoms. The molecule has 0 spiro atoms. The molecule has 1 aliphatic heterocycles. The van der Waals surface area contributed by atoms with E-state index in [9.17, 15) is 9.59 Å². The number of benzene rings is 1. The third-order valence-electron chi connectivity index (χ3n) is 5.53. The Kier molecular flexibility index (Phi) is 5.25. The quantitative estimate of drug-likeness (QED) is 0.883.